The van der Waals surface area contributed by atoms with Crippen molar-refractivity contribution in [2.45, 2.75) is 12.6 Å². The molecular weight excluding hydrogens is 373 g/mol. The zero-order valence-electron chi connectivity index (χ0n) is 15.2. The number of carbonyl (C=O) groups is 2. The molecule has 1 aliphatic rings. The van der Waals surface area contributed by atoms with Crippen molar-refractivity contribution < 1.29 is 19.1 Å². The van der Waals surface area contributed by atoms with E-state index in [1.54, 1.807) is 49.1 Å². The average Bonchev–Trinajstić information content (AvgIpc) is 3.00. The molecule has 3 aromatic rings. The number of likely N-dealkylation sites (tertiary alicyclic amines) is 1. The molecule has 0 aliphatic carbocycles. The number of benzene rings is 1. The van der Waals surface area contributed by atoms with Crippen LogP contribution in [0.4, 0.5) is 4.39 Å². The highest BCUT2D eigenvalue weighted by molar-refractivity contribution is 6.46. The van der Waals surface area contributed by atoms with Crippen molar-refractivity contribution in [3.05, 3.63) is 101 Å². The van der Waals surface area contributed by atoms with E-state index < -0.39 is 23.5 Å². The summed E-state index contributed by atoms with van der Waals surface area (Å²) < 4.78 is 13.3. The Morgan fingerprint density at radius 3 is 2.31 bits per heavy atom. The third kappa shape index (κ3) is 3.50. The van der Waals surface area contributed by atoms with Crippen LogP contribution in [0.5, 0.6) is 0 Å². The van der Waals surface area contributed by atoms with Gasteiger partial charge in [-0.2, -0.15) is 0 Å². The summed E-state index contributed by atoms with van der Waals surface area (Å²) in [6, 6.07) is 11.2. The number of hydrogen-bond donors (Lipinski definition) is 1. The first kappa shape index (κ1) is 18.5. The predicted molar refractivity (Wildman–Crippen MR) is 103 cm³/mol. The van der Waals surface area contributed by atoms with E-state index >= 15 is 0 Å². The zero-order chi connectivity index (χ0) is 20.4. The third-order valence-electron chi connectivity index (χ3n) is 4.73. The Kier molecular flexibility index (Phi) is 4.87. The smallest absolute Gasteiger partial charge is 0.295 e. The highest BCUT2D eigenvalue weighted by Crippen LogP contribution is 2.39. The van der Waals surface area contributed by atoms with Gasteiger partial charge in [-0.3, -0.25) is 19.6 Å². The number of Topliss-reactive ketones (excluding diaryl/α,β-unsaturated/α-hetero) is 1. The van der Waals surface area contributed by atoms with Gasteiger partial charge in [-0.1, -0.05) is 12.1 Å². The van der Waals surface area contributed by atoms with Crippen LogP contribution in [0.15, 0.2) is 78.9 Å². The molecule has 7 heteroatoms. The van der Waals surface area contributed by atoms with Gasteiger partial charge in [0, 0.05) is 36.9 Å². The zero-order valence-corrected chi connectivity index (χ0v) is 15.2. The second kappa shape index (κ2) is 7.63. The average molecular weight is 389 g/mol. The van der Waals surface area contributed by atoms with E-state index in [0.717, 1.165) is 5.56 Å². The Morgan fingerprint density at radius 1 is 1.00 bits per heavy atom. The fourth-order valence-electron chi connectivity index (χ4n) is 3.38. The molecule has 1 aliphatic heterocycles. The number of rotatable bonds is 4. The molecule has 3 heterocycles. The second-order valence-corrected chi connectivity index (χ2v) is 6.58. The quantitative estimate of drug-likeness (QED) is 0.421. The third-order valence-corrected chi connectivity index (χ3v) is 4.73. The molecular formula is C22H16FN3O3. The van der Waals surface area contributed by atoms with Gasteiger partial charge in [0.1, 0.15) is 11.6 Å². The molecule has 2 aromatic heterocycles. The van der Waals surface area contributed by atoms with E-state index in [1.165, 1.54) is 29.2 Å². The standard InChI is InChI=1S/C22H16FN3O3/c23-17-7-5-15(6-8-17)20(27)18-19(16-4-2-10-25-12-16)26(22(29)21(18)28)13-14-3-1-9-24-11-14/h1-12,19,27H,13H2/t19-/m1/s1. The van der Waals surface area contributed by atoms with Crippen LogP contribution in [0.1, 0.15) is 22.7 Å². The maximum atomic E-state index is 13.3. The molecule has 0 bridgehead atoms. The van der Waals surface area contributed by atoms with E-state index in [1.807, 2.05) is 0 Å². The lowest BCUT2D eigenvalue weighted by atomic mass is 9.96. The summed E-state index contributed by atoms with van der Waals surface area (Å²) in [7, 11) is 0. The van der Waals surface area contributed by atoms with Gasteiger partial charge in [-0.25, -0.2) is 4.39 Å². The molecule has 1 atom stereocenters. The number of aliphatic hydroxyl groups excluding tert-OH is 1. The van der Waals surface area contributed by atoms with Crippen molar-refractivity contribution in [2.24, 2.45) is 0 Å². The van der Waals surface area contributed by atoms with Crippen LogP contribution in [-0.4, -0.2) is 31.7 Å². The number of halogens is 1. The van der Waals surface area contributed by atoms with Crippen molar-refractivity contribution in [3.63, 3.8) is 0 Å². The van der Waals surface area contributed by atoms with Crippen molar-refractivity contribution in [3.8, 4) is 0 Å². The van der Waals surface area contributed by atoms with Crippen LogP contribution in [0.25, 0.3) is 5.76 Å². The normalized spacial score (nSPS) is 18.2. The SMILES string of the molecule is O=C1C(=O)N(Cc2cccnc2)[C@H](c2cccnc2)C1=C(O)c1ccc(F)cc1. The van der Waals surface area contributed by atoms with E-state index in [-0.39, 0.29) is 23.4 Å². The minimum absolute atomic E-state index is 0.0569. The van der Waals surface area contributed by atoms with Gasteiger partial charge >= 0.3 is 0 Å². The van der Waals surface area contributed by atoms with E-state index in [4.69, 9.17) is 0 Å². The number of amides is 1. The van der Waals surface area contributed by atoms with Crippen molar-refractivity contribution >= 4 is 17.4 Å². The fraction of sp³-hybridized carbons (Fsp3) is 0.0909. The van der Waals surface area contributed by atoms with Crippen LogP contribution in [0.2, 0.25) is 0 Å². The Morgan fingerprint density at radius 2 is 1.69 bits per heavy atom. The fourth-order valence-corrected chi connectivity index (χ4v) is 3.38. The summed E-state index contributed by atoms with van der Waals surface area (Å²) >= 11 is 0. The van der Waals surface area contributed by atoms with Crippen LogP contribution >= 0.6 is 0 Å². The molecule has 1 amide bonds. The van der Waals surface area contributed by atoms with E-state index in [2.05, 4.69) is 9.97 Å². The van der Waals surface area contributed by atoms with E-state index in [9.17, 15) is 19.1 Å². The minimum Gasteiger partial charge on any atom is -0.507 e. The van der Waals surface area contributed by atoms with Gasteiger partial charge < -0.3 is 10.0 Å². The second-order valence-electron chi connectivity index (χ2n) is 6.58. The monoisotopic (exact) mass is 389 g/mol. The molecule has 1 saturated heterocycles. The molecule has 6 nitrogen and oxygen atoms in total. The first-order valence-electron chi connectivity index (χ1n) is 8.89. The summed E-state index contributed by atoms with van der Waals surface area (Å²) in [4.78, 5) is 35.2. The molecule has 4 rings (SSSR count). The Bertz CT molecular complexity index is 1080. The Labute approximate surface area is 166 Å². The van der Waals surface area contributed by atoms with Crippen molar-refractivity contribution in [2.75, 3.05) is 0 Å². The number of nitrogens with zero attached hydrogens (tertiary/aromatic N) is 3. The number of aliphatic hydroxyl groups is 1. The lowest BCUT2D eigenvalue weighted by Gasteiger charge is -2.25. The number of aromatic nitrogens is 2. The van der Waals surface area contributed by atoms with Gasteiger partial charge in [-0.05, 0) is 47.5 Å². The molecule has 0 saturated carbocycles. The molecule has 144 valence electrons. The summed E-state index contributed by atoms with van der Waals surface area (Å²) in [5.74, 6) is -2.36. The molecule has 1 aromatic carbocycles. The van der Waals surface area contributed by atoms with Crippen molar-refractivity contribution in [1.82, 2.24) is 14.9 Å². The van der Waals surface area contributed by atoms with Gasteiger partial charge in [0.2, 0.25) is 0 Å². The summed E-state index contributed by atoms with van der Waals surface area (Å²) in [6.07, 6.45) is 6.35. The van der Waals surface area contributed by atoms with Crippen molar-refractivity contribution in [1.29, 1.82) is 0 Å². The lowest BCUT2D eigenvalue weighted by molar-refractivity contribution is -0.140. The Balaban J connectivity index is 1.85. The first-order valence-corrected chi connectivity index (χ1v) is 8.89. The lowest BCUT2D eigenvalue weighted by Crippen LogP contribution is -2.29. The molecule has 1 N–H and O–H groups in total. The van der Waals surface area contributed by atoms with Crippen LogP contribution < -0.4 is 0 Å². The predicted octanol–water partition coefficient (Wildman–Crippen LogP) is 3.24. The highest BCUT2D eigenvalue weighted by atomic mass is 19.1. The van der Waals surface area contributed by atoms with Crippen LogP contribution in [-0.2, 0) is 16.1 Å². The first-order chi connectivity index (χ1) is 14.1. The maximum Gasteiger partial charge on any atom is 0.295 e. The van der Waals surface area contributed by atoms with Crippen LogP contribution in [0.3, 0.4) is 0 Å². The van der Waals surface area contributed by atoms with Gasteiger partial charge in [0.25, 0.3) is 11.7 Å². The molecule has 1 fully saturated rings. The summed E-state index contributed by atoms with van der Waals surface area (Å²) in [5, 5.41) is 10.8. The van der Waals surface area contributed by atoms with Crippen LogP contribution in [0, 0.1) is 5.82 Å². The van der Waals surface area contributed by atoms with Gasteiger partial charge in [-0.15, -0.1) is 0 Å². The van der Waals surface area contributed by atoms with Gasteiger partial charge in [0.15, 0.2) is 0 Å². The topological polar surface area (TPSA) is 83.4 Å². The largest absolute Gasteiger partial charge is 0.507 e. The number of pyridine rings is 2. The maximum absolute atomic E-state index is 13.3. The summed E-state index contributed by atoms with van der Waals surface area (Å²) in [6.45, 7) is 0.137. The minimum atomic E-state index is -0.825. The number of hydrogen-bond acceptors (Lipinski definition) is 5. The summed E-state index contributed by atoms with van der Waals surface area (Å²) in [5.41, 5.74) is 1.52. The molecule has 0 radical (unpaired) electrons. The van der Waals surface area contributed by atoms with E-state index in [0.29, 0.717) is 5.56 Å². The molecule has 0 spiro atoms. The molecule has 29 heavy (non-hydrogen) atoms. The highest BCUT2D eigenvalue weighted by Gasteiger charge is 2.46. The number of ketones is 1. The Hall–Kier alpha value is -3.87. The van der Waals surface area contributed by atoms with Gasteiger partial charge in [0.05, 0.1) is 11.6 Å². The number of carbonyl (C=O) groups excluding carboxylic acids is 2. The molecule has 0 unspecified atom stereocenters.